The second-order valence-electron chi connectivity index (χ2n) is 6.74. The summed E-state index contributed by atoms with van der Waals surface area (Å²) < 4.78 is 6.26. The average Bonchev–Trinajstić information content (AvgIpc) is 3.01. The quantitative estimate of drug-likeness (QED) is 0.624. The van der Waals surface area contributed by atoms with Gasteiger partial charge in [-0.25, -0.2) is 4.79 Å². The van der Waals surface area contributed by atoms with Gasteiger partial charge in [0.1, 0.15) is 5.58 Å². The van der Waals surface area contributed by atoms with Crippen LogP contribution >= 0.6 is 11.3 Å². The monoisotopic (exact) mass is 341 g/mol. The van der Waals surface area contributed by atoms with E-state index in [1.807, 2.05) is 30.0 Å². The lowest BCUT2D eigenvalue weighted by atomic mass is 10.0. The van der Waals surface area contributed by atoms with Crippen LogP contribution in [0.1, 0.15) is 35.0 Å². The molecule has 0 spiro atoms. The van der Waals surface area contributed by atoms with Gasteiger partial charge in [-0.1, -0.05) is 18.6 Å². The largest absolute Gasteiger partial charge is 0.422 e. The summed E-state index contributed by atoms with van der Waals surface area (Å²) in [7, 11) is 0. The maximum atomic E-state index is 12.8. The van der Waals surface area contributed by atoms with E-state index in [2.05, 4.69) is 6.92 Å². The van der Waals surface area contributed by atoms with E-state index in [4.69, 9.17) is 4.42 Å². The third kappa shape index (κ3) is 2.53. The van der Waals surface area contributed by atoms with Gasteiger partial charge >= 0.3 is 5.63 Å². The number of thiophene rings is 1. The lowest BCUT2D eigenvalue weighted by Crippen LogP contribution is -2.38. The Balaban J connectivity index is 1.84. The number of rotatable bonds is 1. The summed E-state index contributed by atoms with van der Waals surface area (Å²) in [6.07, 6.45) is 2.21. The molecule has 124 valence electrons. The summed E-state index contributed by atoms with van der Waals surface area (Å²) >= 11 is 1.40. The predicted molar refractivity (Wildman–Crippen MR) is 96.9 cm³/mol. The van der Waals surface area contributed by atoms with E-state index in [1.54, 1.807) is 6.07 Å². The molecule has 1 aliphatic rings. The maximum Gasteiger partial charge on any atom is 0.345 e. The topological polar surface area (TPSA) is 50.5 Å². The summed E-state index contributed by atoms with van der Waals surface area (Å²) in [6.45, 7) is 5.77. The van der Waals surface area contributed by atoms with Gasteiger partial charge in [0.15, 0.2) is 0 Å². The van der Waals surface area contributed by atoms with Crippen molar-refractivity contribution >= 4 is 38.3 Å². The van der Waals surface area contributed by atoms with E-state index in [-0.39, 0.29) is 11.5 Å². The molecule has 0 aliphatic carbocycles. The standard InChI is InChI=1S/C19H19NO3S/c1-11-5-6-15-13(8-11)17-14(19(22)23-15)9-16(24-17)18(21)20-7-3-4-12(2)10-20/h5-6,8-9,12H,3-4,7,10H2,1-2H3/t12-/m0/s1. The third-order valence-corrected chi connectivity index (χ3v) is 5.85. The lowest BCUT2D eigenvalue weighted by Gasteiger charge is -2.30. The number of fused-ring (bicyclic) bond motifs is 3. The van der Waals surface area contributed by atoms with Crippen LogP contribution in [0.4, 0.5) is 0 Å². The van der Waals surface area contributed by atoms with Crippen LogP contribution in [0, 0.1) is 12.8 Å². The lowest BCUT2D eigenvalue weighted by molar-refractivity contribution is 0.0688. The number of nitrogens with zero attached hydrogens (tertiary/aromatic N) is 1. The molecule has 2 aromatic heterocycles. The van der Waals surface area contributed by atoms with Gasteiger partial charge in [-0.05, 0) is 43.9 Å². The highest BCUT2D eigenvalue weighted by atomic mass is 32.1. The molecule has 0 N–H and O–H groups in total. The van der Waals surface area contributed by atoms with E-state index in [0.717, 1.165) is 35.2 Å². The van der Waals surface area contributed by atoms with E-state index >= 15 is 0 Å². The van der Waals surface area contributed by atoms with E-state index in [1.165, 1.54) is 17.8 Å². The molecule has 1 amide bonds. The number of carbonyl (C=O) groups excluding carboxylic acids is 1. The molecule has 4 rings (SSSR count). The van der Waals surface area contributed by atoms with Crippen molar-refractivity contribution in [3.8, 4) is 0 Å². The Kier molecular flexibility index (Phi) is 3.68. The van der Waals surface area contributed by atoms with Crippen LogP contribution in [0.3, 0.4) is 0 Å². The van der Waals surface area contributed by atoms with Crippen molar-refractivity contribution in [2.45, 2.75) is 26.7 Å². The highest BCUT2D eigenvalue weighted by Gasteiger charge is 2.24. The summed E-state index contributed by atoms with van der Waals surface area (Å²) in [5.41, 5.74) is 1.30. The van der Waals surface area contributed by atoms with Crippen LogP contribution in [0.25, 0.3) is 21.1 Å². The summed E-state index contributed by atoms with van der Waals surface area (Å²) in [5.74, 6) is 0.564. The van der Waals surface area contributed by atoms with Crippen molar-refractivity contribution in [2.75, 3.05) is 13.1 Å². The molecular formula is C19H19NO3S. The fraction of sp³-hybridized carbons (Fsp3) is 0.368. The number of piperidine rings is 1. The Morgan fingerprint density at radius 1 is 1.29 bits per heavy atom. The minimum atomic E-state index is -0.372. The molecule has 3 aromatic rings. The molecule has 4 nitrogen and oxygen atoms in total. The molecule has 0 unspecified atom stereocenters. The van der Waals surface area contributed by atoms with E-state index < -0.39 is 0 Å². The van der Waals surface area contributed by atoms with Crippen molar-refractivity contribution in [3.63, 3.8) is 0 Å². The van der Waals surface area contributed by atoms with Gasteiger partial charge in [-0.2, -0.15) is 0 Å². The second-order valence-corrected chi connectivity index (χ2v) is 7.79. The predicted octanol–water partition coefficient (Wildman–Crippen LogP) is 4.19. The smallest absolute Gasteiger partial charge is 0.345 e. The van der Waals surface area contributed by atoms with Gasteiger partial charge in [0.25, 0.3) is 5.91 Å². The van der Waals surface area contributed by atoms with Crippen LogP contribution in [0.5, 0.6) is 0 Å². The van der Waals surface area contributed by atoms with Gasteiger partial charge in [-0.3, -0.25) is 4.79 Å². The molecule has 1 aromatic carbocycles. The summed E-state index contributed by atoms with van der Waals surface area (Å²) in [5, 5.41) is 1.41. The summed E-state index contributed by atoms with van der Waals surface area (Å²) in [6, 6.07) is 7.45. The van der Waals surface area contributed by atoms with Crippen molar-refractivity contribution in [3.05, 3.63) is 45.1 Å². The number of hydrogen-bond donors (Lipinski definition) is 0. The van der Waals surface area contributed by atoms with E-state index in [0.29, 0.717) is 21.8 Å². The highest BCUT2D eigenvalue weighted by Crippen LogP contribution is 2.32. The molecule has 1 atom stereocenters. The van der Waals surface area contributed by atoms with Crippen LogP contribution in [0.15, 0.2) is 33.5 Å². The minimum Gasteiger partial charge on any atom is -0.422 e. The first kappa shape index (κ1) is 15.4. The van der Waals surface area contributed by atoms with Crippen LogP contribution in [-0.2, 0) is 0 Å². The van der Waals surface area contributed by atoms with Gasteiger partial charge in [0.05, 0.1) is 15.0 Å². The zero-order valence-electron chi connectivity index (χ0n) is 13.8. The Labute approximate surface area is 143 Å². The van der Waals surface area contributed by atoms with Crippen LogP contribution < -0.4 is 5.63 Å². The van der Waals surface area contributed by atoms with Crippen molar-refractivity contribution in [1.82, 2.24) is 4.90 Å². The zero-order valence-corrected chi connectivity index (χ0v) is 14.6. The molecule has 1 aliphatic heterocycles. The molecule has 0 bridgehead atoms. The number of benzene rings is 1. The molecular weight excluding hydrogens is 322 g/mol. The van der Waals surface area contributed by atoms with Crippen molar-refractivity contribution < 1.29 is 9.21 Å². The first-order valence-electron chi connectivity index (χ1n) is 8.29. The van der Waals surface area contributed by atoms with Crippen LogP contribution in [0.2, 0.25) is 0 Å². The molecule has 5 heteroatoms. The number of amides is 1. The molecule has 1 fully saturated rings. The highest BCUT2D eigenvalue weighted by molar-refractivity contribution is 7.21. The first-order chi connectivity index (χ1) is 11.5. The van der Waals surface area contributed by atoms with Gasteiger partial charge in [0, 0.05) is 18.5 Å². The van der Waals surface area contributed by atoms with Gasteiger partial charge < -0.3 is 9.32 Å². The van der Waals surface area contributed by atoms with Gasteiger partial charge in [-0.15, -0.1) is 11.3 Å². The minimum absolute atomic E-state index is 0.0305. The molecule has 24 heavy (non-hydrogen) atoms. The SMILES string of the molecule is Cc1ccc2oc(=O)c3cc(C(=O)N4CCC[C@H](C)C4)sc3c2c1. The fourth-order valence-electron chi connectivity index (χ4n) is 3.44. The molecule has 0 saturated carbocycles. The van der Waals surface area contributed by atoms with Crippen molar-refractivity contribution in [2.24, 2.45) is 5.92 Å². The number of aryl methyl sites for hydroxylation is 1. The number of carbonyl (C=O) groups is 1. The molecule has 1 saturated heterocycles. The average molecular weight is 341 g/mol. The zero-order chi connectivity index (χ0) is 16.8. The fourth-order valence-corrected chi connectivity index (χ4v) is 4.58. The van der Waals surface area contributed by atoms with Crippen LogP contribution in [-0.4, -0.2) is 23.9 Å². The van der Waals surface area contributed by atoms with Crippen molar-refractivity contribution in [1.29, 1.82) is 0 Å². The Morgan fingerprint density at radius 2 is 2.12 bits per heavy atom. The van der Waals surface area contributed by atoms with E-state index in [9.17, 15) is 9.59 Å². The first-order valence-corrected chi connectivity index (χ1v) is 9.11. The molecule has 0 radical (unpaired) electrons. The number of hydrogen-bond acceptors (Lipinski definition) is 4. The Morgan fingerprint density at radius 3 is 2.92 bits per heavy atom. The summed E-state index contributed by atoms with van der Waals surface area (Å²) in [4.78, 5) is 27.6. The molecule has 3 heterocycles. The second kappa shape index (κ2) is 5.74. The normalized spacial score (nSPS) is 18.4. The van der Waals surface area contributed by atoms with Gasteiger partial charge in [0.2, 0.25) is 0 Å². The maximum absolute atomic E-state index is 12.8. The Hall–Kier alpha value is -2.14. The number of likely N-dealkylation sites (tertiary alicyclic amines) is 1. The third-order valence-electron chi connectivity index (χ3n) is 4.69. The Bertz CT molecular complexity index is 1000.